The molecule has 3 aromatic carbocycles. The van der Waals surface area contributed by atoms with Gasteiger partial charge in [0.1, 0.15) is 17.5 Å². The maximum atomic E-state index is 11.2. The van der Waals surface area contributed by atoms with Gasteiger partial charge in [-0.05, 0) is 13.0 Å². The average molecular weight is 442 g/mol. The molecule has 0 radical (unpaired) electrons. The highest BCUT2D eigenvalue weighted by Crippen LogP contribution is 2.39. The molecule has 6 nitrogen and oxygen atoms in total. The minimum Gasteiger partial charge on any atom is -0.342 e. The predicted molar refractivity (Wildman–Crippen MR) is 130 cm³/mol. The topological polar surface area (TPSA) is 64.3 Å². The first-order valence-corrected chi connectivity index (χ1v) is 11.2. The number of aromatic nitrogens is 2. The highest BCUT2D eigenvalue weighted by molar-refractivity contribution is 7.19. The summed E-state index contributed by atoms with van der Waals surface area (Å²) < 4.78 is 5.20. The second-order valence-corrected chi connectivity index (χ2v) is 8.55. The largest absolute Gasteiger partial charge is 0.342 e. The first kappa shape index (κ1) is 20.1. The Bertz CT molecular complexity index is 1500. The number of nitrogens with zero attached hydrogens (tertiary/aromatic N) is 4. The molecule has 7 heteroatoms. The van der Waals surface area contributed by atoms with Crippen molar-refractivity contribution in [2.75, 3.05) is 0 Å². The van der Waals surface area contributed by atoms with E-state index in [0.29, 0.717) is 0 Å². The van der Waals surface area contributed by atoms with Gasteiger partial charge in [0.05, 0.1) is 21.8 Å². The van der Waals surface area contributed by atoms with Crippen LogP contribution in [0.5, 0.6) is 0 Å². The van der Waals surface area contributed by atoms with Gasteiger partial charge < -0.3 is 4.57 Å². The molecule has 0 saturated heterocycles. The van der Waals surface area contributed by atoms with E-state index in [1.54, 1.807) is 12.1 Å². The number of fused-ring (bicyclic) bond motifs is 2. The van der Waals surface area contributed by atoms with Crippen molar-refractivity contribution in [1.29, 1.82) is 0 Å². The Labute approximate surface area is 188 Å². The Hall–Kier alpha value is -3.84. The summed E-state index contributed by atoms with van der Waals surface area (Å²) in [5.74, 6) is 0. The quantitative estimate of drug-likeness (QED) is 0.145. The molecule has 0 bridgehead atoms. The minimum atomic E-state index is -0.356. The first-order chi connectivity index (χ1) is 15.6. The van der Waals surface area contributed by atoms with Crippen LogP contribution in [0.15, 0.2) is 77.8 Å². The lowest BCUT2D eigenvalue weighted by Crippen LogP contribution is -2.34. The molecule has 0 aliphatic rings. The molecule has 5 aromatic rings. The van der Waals surface area contributed by atoms with E-state index in [-0.39, 0.29) is 10.6 Å². The van der Waals surface area contributed by atoms with Gasteiger partial charge >= 0.3 is 0 Å². The smallest absolute Gasteiger partial charge is 0.281 e. The van der Waals surface area contributed by atoms with Gasteiger partial charge in [-0.1, -0.05) is 59.9 Å². The van der Waals surface area contributed by atoms with Gasteiger partial charge in [0.2, 0.25) is 5.52 Å². The molecule has 158 valence electrons. The molecule has 2 heterocycles. The SMILES string of the molecule is CC[n+]1c(C=Nc2c(-c3ccccc3)n(C)c3ccccc23)sc2cc([N+](=O)[O-])ccc21. The molecule has 0 atom stereocenters. The van der Waals surface area contributed by atoms with Gasteiger partial charge in [-0.25, -0.2) is 4.99 Å². The van der Waals surface area contributed by atoms with E-state index in [0.717, 1.165) is 49.6 Å². The molecule has 0 fully saturated rings. The van der Waals surface area contributed by atoms with Crippen molar-refractivity contribution >= 4 is 50.0 Å². The molecular formula is C25H21N4O2S+. The number of nitro groups is 1. The van der Waals surface area contributed by atoms with Crippen molar-refractivity contribution in [3.63, 3.8) is 0 Å². The standard InChI is InChI=1S/C25H21N4O2S/c1-3-28-21-14-13-18(29(30)31)15-22(21)32-23(28)16-26-24-19-11-7-8-12-20(19)27(2)25(24)17-9-5-4-6-10-17/h4-16H,3H2,1-2H3/q+1. The third-order valence-corrected chi connectivity index (χ3v) is 6.76. The van der Waals surface area contributed by atoms with Crippen LogP contribution in [-0.2, 0) is 13.6 Å². The van der Waals surface area contributed by atoms with Gasteiger partial charge in [0.25, 0.3) is 10.7 Å². The van der Waals surface area contributed by atoms with Crippen LogP contribution in [0.2, 0.25) is 0 Å². The molecule has 0 saturated carbocycles. The van der Waals surface area contributed by atoms with Gasteiger partial charge in [-0.3, -0.25) is 10.1 Å². The second kappa shape index (κ2) is 8.01. The first-order valence-electron chi connectivity index (χ1n) is 10.4. The summed E-state index contributed by atoms with van der Waals surface area (Å²) in [6, 6.07) is 23.5. The number of hydrogen-bond acceptors (Lipinski definition) is 4. The van der Waals surface area contributed by atoms with Crippen LogP contribution >= 0.6 is 11.3 Å². The molecule has 0 unspecified atom stereocenters. The van der Waals surface area contributed by atoms with E-state index >= 15 is 0 Å². The summed E-state index contributed by atoms with van der Waals surface area (Å²) in [7, 11) is 2.06. The normalized spacial score (nSPS) is 11.7. The average Bonchev–Trinajstić information content (AvgIpc) is 3.32. The second-order valence-electron chi connectivity index (χ2n) is 7.49. The number of rotatable bonds is 5. The third-order valence-electron chi connectivity index (χ3n) is 5.67. The molecule has 0 spiro atoms. The summed E-state index contributed by atoms with van der Waals surface area (Å²) in [4.78, 5) is 15.8. The Balaban J connectivity index is 1.69. The van der Waals surface area contributed by atoms with Crippen molar-refractivity contribution in [1.82, 2.24) is 4.57 Å². The van der Waals surface area contributed by atoms with Crippen molar-refractivity contribution < 1.29 is 9.49 Å². The summed E-state index contributed by atoms with van der Waals surface area (Å²) >= 11 is 1.52. The van der Waals surface area contributed by atoms with Crippen LogP contribution in [0.25, 0.3) is 32.4 Å². The predicted octanol–water partition coefficient (Wildman–Crippen LogP) is 6.03. The molecular weight excluding hydrogens is 420 g/mol. The van der Waals surface area contributed by atoms with Crippen molar-refractivity contribution in [3.05, 3.63) is 87.9 Å². The minimum absolute atomic E-state index is 0.103. The van der Waals surface area contributed by atoms with Crippen molar-refractivity contribution in [3.8, 4) is 11.3 Å². The number of aliphatic imine (C=N–C) groups is 1. The van der Waals surface area contributed by atoms with Gasteiger partial charge in [0.15, 0.2) is 0 Å². The van der Waals surface area contributed by atoms with Crippen molar-refractivity contribution in [2.24, 2.45) is 12.0 Å². The Morgan fingerprint density at radius 2 is 1.84 bits per heavy atom. The van der Waals surface area contributed by atoms with Crippen LogP contribution in [-0.4, -0.2) is 15.7 Å². The molecule has 32 heavy (non-hydrogen) atoms. The number of para-hydroxylation sites is 1. The van der Waals surface area contributed by atoms with E-state index < -0.39 is 0 Å². The van der Waals surface area contributed by atoms with E-state index in [9.17, 15) is 10.1 Å². The van der Waals surface area contributed by atoms with E-state index in [1.165, 1.54) is 11.3 Å². The van der Waals surface area contributed by atoms with Gasteiger partial charge in [-0.2, -0.15) is 4.57 Å². The summed E-state index contributed by atoms with van der Waals surface area (Å²) in [5.41, 5.74) is 5.28. The molecule has 0 N–H and O–H groups in total. The van der Waals surface area contributed by atoms with E-state index in [1.807, 2.05) is 42.6 Å². The zero-order chi connectivity index (χ0) is 22.2. The summed E-state index contributed by atoms with van der Waals surface area (Å²) in [5, 5.41) is 13.2. The van der Waals surface area contributed by atoms with Crippen LogP contribution in [0.3, 0.4) is 0 Å². The molecule has 0 amide bonds. The lowest BCUT2D eigenvalue weighted by atomic mass is 10.1. The van der Waals surface area contributed by atoms with Gasteiger partial charge in [0, 0.05) is 36.2 Å². The molecule has 5 rings (SSSR count). The lowest BCUT2D eigenvalue weighted by Gasteiger charge is -2.05. The van der Waals surface area contributed by atoms with Crippen LogP contribution < -0.4 is 4.57 Å². The zero-order valence-corrected chi connectivity index (χ0v) is 18.5. The Kier molecular flexibility index (Phi) is 5.03. The molecule has 2 aromatic heterocycles. The third kappa shape index (κ3) is 3.27. The van der Waals surface area contributed by atoms with Crippen LogP contribution in [0.1, 0.15) is 11.9 Å². The van der Waals surface area contributed by atoms with Crippen LogP contribution in [0, 0.1) is 10.1 Å². The fourth-order valence-electron chi connectivity index (χ4n) is 4.18. The number of hydrogen-bond donors (Lipinski definition) is 0. The van der Waals surface area contributed by atoms with Crippen LogP contribution in [0.4, 0.5) is 11.4 Å². The fraction of sp³-hybridized carbons (Fsp3) is 0.120. The van der Waals surface area contributed by atoms with E-state index in [4.69, 9.17) is 4.99 Å². The number of thiazole rings is 1. The van der Waals surface area contributed by atoms with E-state index in [2.05, 4.69) is 47.4 Å². The highest BCUT2D eigenvalue weighted by Gasteiger charge is 2.21. The maximum Gasteiger partial charge on any atom is 0.281 e. The Morgan fingerprint density at radius 3 is 2.59 bits per heavy atom. The summed E-state index contributed by atoms with van der Waals surface area (Å²) in [6.45, 7) is 2.82. The number of non-ortho nitro benzene ring substituents is 1. The Morgan fingerprint density at radius 1 is 1.09 bits per heavy atom. The zero-order valence-electron chi connectivity index (χ0n) is 17.7. The monoisotopic (exact) mass is 441 g/mol. The summed E-state index contributed by atoms with van der Waals surface area (Å²) in [6.07, 6.45) is 1.88. The van der Waals surface area contributed by atoms with Gasteiger partial charge in [-0.15, -0.1) is 0 Å². The van der Waals surface area contributed by atoms with Crippen molar-refractivity contribution in [2.45, 2.75) is 13.5 Å². The fourth-order valence-corrected chi connectivity index (χ4v) is 5.31. The molecule has 0 aliphatic heterocycles. The lowest BCUT2D eigenvalue weighted by molar-refractivity contribution is -0.664. The molecule has 0 aliphatic carbocycles. The number of nitro benzene ring substituents is 1. The number of aryl methyl sites for hydroxylation is 2. The maximum absolute atomic E-state index is 11.2. The highest BCUT2D eigenvalue weighted by atomic mass is 32.1. The number of benzene rings is 3.